The zero-order valence-electron chi connectivity index (χ0n) is 9.59. The van der Waals surface area contributed by atoms with Gasteiger partial charge in [-0.05, 0) is 34.8 Å². The van der Waals surface area contributed by atoms with Crippen molar-refractivity contribution in [2.24, 2.45) is 0 Å². The second-order valence-electron chi connectivity index (χ2n) is 4.53. The molecule has 2 rings (SSSR count). The van der Waals surface area contributed by atoms with Crippen LogP contribution in [0.15, 0.2) is 10.5 Å². The average molecular weight is 339 g/mol. The fourth-order valence-electron chi connectivity index (χ4n) is 2.24. The molecule has 0 aromatic carbocycles. The van der Waals surface area contributed by atoms with Gasteiger partial charge in [0.05, 0.1) is 6.10 Å². The molecular weight excluding hydrogens is 322 g/mol. The Hall–Kier alpha value is 0.390. The molecule has 0 amide bonds. The molecule has 0 spiro atoms. The molecule has 0 bridgehead atoms. The lowest BCUT2D eigenvalue weighted by Gasteiger charge is -2.21. The summed E-state index contributed by atoms with van der Waals surface area (Å²) in [5, 5.41) is 13.4. The Morgan fingerprint density at radius 1 is 1.41 bits per heavy atom. The number of hydrogen-bond acceptors (Lipinski definition) is 3. The summed E-state index contributed by atoms with van der Waals surface area (Å²) in [6.45, 7) is 0.789. The number of aliphatic hydroxyl groups excluding tert-OH is 1. The highest BCUT2D eigenvalue weighted by Gasteiger charge is 2.21. The van der Waals surface area contributed by atoms with Crippen LogP contribution < -0.4 is 5.32 Å². The topological polar surface area (TPSA) is 32.3 Å². The summed E-state index contributed by atoms with van der Waals surface area (Å²) >= 11 is 11.0. The maximum absolute atomic E-state index is 9.99. The van der Waals surface area contributed by atoms with E-state index in [0.29, 0.717) is 0 Å². The Bertz CT molecular complexity index is 352. The van der Waals surface area contributed by atoms with E-state index in [1.807, 2.05) is 6.07 Å². The normalized spacial score (nSPS) is 25.8. The van der Waals surface area contributed by atoms with Crippen molar-refractivity contribution in [3.8, 4) is 0 Å². The Morgan fingerprint density at radius 2 is 2.18 bits per heavy atom. The second-order valence-corrected chi connectivity index (χ2v) is 7.12. The van der Waals surface area contributed by atoms with E-state index in [2.05, 4.69) is 21.2 Å². The molecule has 1 aliphatic rings. The highest BCUT2D eigenvalue weighted by molar-refractivity contribution is 9.10. The van der Waals surface area contributed by atoms with Crippen LogP contribution in [0.1, 0.15) is 37.0 Å². The molecule has 2 nitrogen and oxygen atoms in total. The number of halogens is 2. The van der Waals surface area contributed by atoms with Crippen LogP contribution in [0, 0.1) is 0 Å². The summed E-state index contributed by atoms with van der Waals surface area (Å²) in [5.41, 5.74) is 0. The standard InChI is InChI=1S/C12H17BrClNOS/c13-9-6-8(17-12(9)14)7-15-10-4-2-1-3-5-11(10)16/h6,10-11,15-16H,1-5,7H2. The molecule has 17 heavy (non-hydrogen) atoms. The molecule has 0 saturated heterocycles. The van der Waals surface area contributed by atoms with Gasteiger partial charge in [0.2, 0.25) is 0 Å². The number of rotatable bonds is 3. The third-order valence-corrected chi connectivity index (χ3v) is 5.69. The molecule has 1 heterocycles. The smallest absolute Gasteiger partial charge is 0.107 e. The SMILES string of the molecule is OC1CCCCCC1NCc1cc(Br)c(Cl)s1. The third-order valence-electron chi connectivity index (χ3n) is 3.21. The number of aliphatic hydroxyl groups is 1. The summed E-state index contributed by atoms with van der Waals surface area (Å²) in [6.07, 6.45) is 5.40. The molecule has 1 aromatic rings. The Kier molecular flexibility index (Phi) is 5.30. The van der Waals surface area contributed by atoms with Crippen LogP contribution in [-0.2, 0) is 6.54 Å². The van der Waals surface area contributed by atoms with Crippen LogP contribution in [0.5, 0.6) is 0 Å². The van der Waals surface area contributed by atoms with Crippen LogP contribution in [0.25, 0.3) is 0 Å². The van der Waals surface area contributed by atoms with E-state index in [9.17, 15) is 5.11 Å². The minimum atomic E-state index is -0.198. The summed E-state index contributed by atoms with van der Waals surface area (Å²) in [6, 6.07) is 2.28. The zero-order valence-corrected chi connectivity index (χ0v) is 12.7. The number of nitrogens with one attached hydrogen (secondary N) is 1. The largest absolute Gasteiger partial charge is 0.392 e. The molecule has 96 valence electrons. The van der Waals surface area contributed by atoms with E-state index in [-0.39, 0.29) is 12.1 Å². The molecule has 0 aliphatic heterocycles. The molecule has 1 aromatic heterocycles. The number of thiophene rings is 1. The quantitative estimate of drug-likeness (QED) is 0.818. The van der Waals surface area contributed by atoms with Crippen LogP contribution in [-0.4, -0.2) is 17.3 Å². The summed E-state index contributed by atoms with van der Waals surface area (Å²) in [7, 11) is 0. The molecule has 1 fully saturated rings. The molecule has 1 aliphatic carbocycles. The van der Waals surface area contributed by atoms with Gasteiger partial charge in [-0.15, -0.1) is 11.3 Å². The van der Waals surface area contributed by atoms with Crippen molar-refractivity contribution >= 4 is 38.9 Å². The zero-order chi connectivity index (χ0) is 12.3. The van der Waals surface area contributed by atoms with Crippen molar-refractivity contribution in [1.82, 2.24) is 5.32 Å². The van der Waals surface area contributed by atoms with Gasteiger partial charge in [0.1, 0.15) is 4.34 Å². The number of hydrogen-bond donors (Lipinski definition) is 2. The molecule has 5 heteroatoms. The van der Waals surface area contributed by atoms with Crippen LogP contribution >= 0.6 is 38.9 Å². The summed E-state index contributed by atoms with van der Waals surface area (Å²) < 4.78 is 1.76. The second kappa shape index (κ2) is 6.53. The van der Waals surface area contributed by atoms with Crippen molar-refractivity contribution in [3.63, 3.8) is 0 Å². The highest BCUT2D eigenvalue weighted by Crippen LogP contribution is 2.32. The summed E-state index contributed by atoms with van der Waals surface area (Å²) in [4.78, 5) is 1.21. The maximum Gasteiger partial charge on any atom is 0.107 e. The van der Waals surface area contributed by atoms with Gasteiger partial charge in [-0.1, -0.05) is 30.9 Å². The monoisotopic (exact) mass is 337 g/mol. The van der Waals surface area contributed by atoms with Gasteiger partial charge < -0.3 is 10.4 Å². The maximum atomic E-state index is 9.99. The van der Waals surface area contributed by atoms with Crippen molar-refractivity contribution < 1.29 is 5.11 Å². The van der Waals surface area contributed by atoms with Gasteiger partial charge in [-0.25, -0.2) is 0 Å². The summed E-state index contributed by atoms with van der Waals surface area (Å²) in [5.74, 6) is 0. The van der Waals surface area contributed by atoms with Crippen molar-refractivity contribution in [3.05, 3.63) is 19.8 Å². The van der Waals surface area contributed by atoms with E-state index >= 15 is 0 Å². The van der Waals surface area contributed by atoms with Crippen LogP contribution in [0.3, 0.4) is 0 Å². The van der Waals surface area contributed by atoms with Crippen LogP contribution in [0.2, 0.25) is 4.34 Å². The Morgan fingerprint density at radius 3 is 2.88 bits per heavy atom. The fraction of sp³-hybridized carbons (Fsp3) is 0.667. The van der Waals surface area contributed by atoms with E-state index in [4.69, 9.17) is 11.6 Å². The molecule has 2 atom stereocenters. The molecule has 2 unspecified atom stereocenters. The highest BCUT2D eigenvalue weighted by atomic mass is 79.9. The fourth-order valence-corrected chi connectivity index (χ4v) is 3.98. The lowest BCUT2D eigenvalue weighted by Crippen LogP contribution is -2.38. The van der Waals surface area contributed by atoms with Crippen molar-refractivity contribution in [2.45, 2.75) is 50.8 Å². The molecule has 2 N–H and O–H groups in total. The van der Waals surface area contributed by atoms with Gasteiger partial charge in [0.25, 0.3) is 0 Å². The average Bonchev–Trinajstić information content (AvgIpc) is 2.50. The first-order valence-corrected chi connectivity index (χ1v) is 8.00. The van der Waals surface area contributed by atoms with E-state index < -0.39 is 0 Å². The Labute approximate surface area is 120 Å². The van der Waals surface area contributed by atoms with E-state index in [0.717, 1.165) is 34.6 Å². The van der Waals surface area contributed by atoms with Gasteiger partial charge in [-0.3, -0.25) is 0 Å². The van der Waals surface area contributed by atoms with Gasteiger partial charge in [0.15, 0.2) is 0 Å². The first kappa shape index (κ1) is 13.8. The lowest BCUT2D eigenvalue weighted by atomic mass is 10.1. The third kappa shape index (κ3) is 3.93. The first-order valence-electron chi connectivity index (χ1n) is 6.02. The van der Waals surface area contributed by atoms with Gasteiger partial charge in [0, 0.05) is 21.9 Å². The van der Waals surface area contributed by atoms with E-state index in [1.54, 1.807) is 11.3 Å². The lowest BCUT2D eigenvalue weighted by molar-refractivity contribution is 0.119. The molecular formula is C12H17BrClNOS. The first-order chi connectivity index (χ1) is 8.16. The van der Waals surface area contributed by atoms with Gasteiger partial charge >= 0.3 is 0 Å². The predicted molar refractivity (Wildman–Crippen MR) is 76.7 cm³/mol. The predicted octanol–water partition coefficient (Wildman–Crippen LogP) is 3.95. The van der Waals surface area contributed by atoms with Crippen molar-refractivity contribution in [2.75, 3.05) is 0 Å². The Balaban J connectivity index is 1.88. The minimum Gasteiger partial charge on any atom is -0.392 e. The minimum absolute atomic E-state index is 0.198. The van der Waals surface area contributed by atoms with Crippen LogP contribution in [0.4, 0.5) is 0 Å². The van der Waals surface area contributed by atoms with E-state index in [1.165, 1.54) is 17.7 Å². The molecule has 0 radical (unpaired) electrons. The van der Waals surface area contributed by atoms with Gasteiger partial charge in [-0.2, -0.15) is 0 Å². The van der Waals surface area contributed by atoms with Crippen molar-refractivity contribution in [1.29, 1.82) is 0 Å². The molecule has 1 saturated carbocycles.